The van der Waals surface area contributed by atoms with E-state index < -0.39 is 5.91 Å². The molecule has 16 heavy (non-hydrogen) atoms. The Morgan fingerprint density at radius 2 is 2.12 bits per heavy atom. The average molecular weight is 219 g/mol. The maximum absolute atomic E-state index is 11.7. The van der Waals surface area contributed by atoms with Gasteiger partial charge in [-0.15, -0.1) is 0 Å². The number of primary amides is 1. The molecule has 1 aromatic rings. The summed E-state index contributed by atoms with van der Waals surface area (Å²) in [6.07, 6.45) is 1.05. The molecule has 0 unspecified atom stereocenters. The van der Waals surface area contributed by atoms with Crippen LogP contribution in [0.3, 0.4) is 0 Å². The van der Waals surface area contributed by atoms with Gasteiger partial charge in [-0.2, -0.15) is 0 Å². The lowest BCUT2D eigenvalue weighted by Crippen LogP contribution is -2.41. The molecule has 1 aliphatic heterocycles. The maximum Gasteiger partial charge on any atom is 0.237 e. The number of amides is 2. The Morgan fingerprint density at radius 1 is 1.38 bits per heavy atom. The van der Waals surface area contributed by atoms with Crippen molar-refractivity contribution in [3.8, 4) is 0 Å². The largest absolute Gasteiger partial charge is 0.399 e. The summed E-state index contributed by atoms with van der Waals surface area (Å²) in [4.78, 5) is 24.0. The number of nitrogens with zero attached hydrogens (tertiary/aromatic N) is 1. The molecule has 0 aliphatic carbocycles. The van der Waals surface area contributed by atoms with Crippen LogP contribution in [0.4, 0.5) is 11.4 Å². The van der Waals surface area contributed by atoms with E-state index in [4.69, 9.17) is 11.5 Å². The van der Waals surface area contributed by atoms with Gasteiger partial charge in [0, 0.05) is 17.8 Å². The van der Waals surface area contributed by atoms with Gasteiger partial charge in [0.05, 0.1) is 0 Å². The van der Waals surface area contributed by atoms with Gasteiger partial charge in [-0.05, 0) is 30.2 Å². The van der Waals surface area contributed by atoms with Crippen molar-refractivity contribution in [3.63, 3.8) is 0 Å². The number of nitrogens with two attached hydrogens (primary N) is 2. The molecule has 0 fully saturated rings. The first-order chi connectivity index (χ1) is 7.58. The van der Waals surface area contributed by atoms with Crippen LogP contribution >= 0.6 is 0 Å². The molecular formula is C11H13N3O2. The van der Waals surface area contributed by atoms with E-state index in [9.17, 15) is 9.59 Å². The smallest absolute Gasteiger partial charge is 0.237 e. The Bertz CT molecular complexity index is 457. The number of aryl methyl sites for hydroxylation is 1. The molecule has 5 heteroatoms. The zero-order chi connectivity index (χ0) is 11.7. The summed E-state index contributed by atoms with van der Waals surface area (Å²) < 4.78 is 0. The second-order valence-electron chi connectivity index (χ2n) is 3.83. The molecule has 1 heterocycles. The summed E-state index contributed by atoms with van der Waals surface area (Å²) in [5.41, 5.74) is 13.2. The molecule has 1 aliphatic rings. The van der Waals surface area contributed by atoms with E-state index in [1.807, 2.05) is 6.07 Å². The fourth-order valence-corrected chi connectivity index (χ4v) is 1.91. The fourth-order valence-electron chi connectivity index (χ4n) is 1.91. The lowest BCUT2D eigenvalue weighted by molar-refractivity contribution is -0.122. The standard InChI is InChI=1S/C11H13N3O2/c12-8-2-3-9-7(5-8)1-4-11(16)14(9)6-10(13)15/h2-3,5H,1,4,6,12H2,(H2,13,15). The van der Waals surface area contributed by atoms with Crippen molar-refractivity contribution in [3.05, 3.63) is 23.8 Å². The normalized spacial score (nSPS) is 14.8. The van der Waals surface area contributed by atoms with Crippen molar-refractivity contribution < 1.29 is 9.59 Å². The number of benzene rings is 1. The van der Waals surface area contributed by atoms with Gasteiger partial charge in [-0.25, -0.2) is 0 Å². The summed E-state index contributed by atoms with van der Waals surface area (Å²) >= 11 is 0. The van der Waals surface area contributed by atoms with E-state index in [0.717, 1.165) is 11.3 Å². The predicted molar refractivity (Wildman–Crippen MR) is 60.7 cm³/mol. The Morgan fingerprint density at radius 3 is 2.81 bits per heavy atom. The molecule has 4 N–H and O–H groups in total. The third-order valence-electron chi connectivity index (χ3n) is 2.62. The zero-order valence-corrected chi connectivity index (χ0v) is 8.77. The third kappa shape index (κ3) is 1.84. The van der Waals surface area contributed by atoms with Crippen molar-refractivity contribution in [1.29, 1.82) is 0 Å². The molecule has 0 saturated carbocycles. The van der Waals surface area contributed by atoms with Gasteiger partial charge in [0.1, 0.15) is 6.54 Å². The summed E-state index contributed by atoms with van der Waals surface area (Å²) in [5.74, 6) is -0.589. The molecule has 0 aromatic heterocycles. The van der Waals surface area contributed by atoms with Crippen LogP contribution in [0, 0.1) is 0 Å². The van der Waals surface area contributed by atoms with Gasteiger partial charge < -0.3 is 16.4 Å². The molecule has 1 aromatic carbocycles. The minimum Gasteiger partial charge on any atom is -0.399 e. The highest BCUT2D eigenvalue weighted by atomic mass is 16.2. The van der Waals surface area contributed by atoms with E-state index >= 15 is 0 Å². The molecule has 5 nitrogen and oxygen atoms in total. The number of rotatable bonds is 2. The van der Waals surface area contributed by atoms with Crippen molar-refractivity contribution in [2.45, 2.75) is 12.8 Å². The molecular weight excluding hydrogens is 206 g/mol. The van der Waals surface area contributed by atoms with Crippen LogP contribution in [0.5, 0.6) is 0 Å². The topological polar surface area (TPSA) is 89.4 Å². The van der Waals surface area contributed by atoms with E-state index in [0.29, 0.717) is 18.5 Å². The number of carbonyl (C=O) groups is 2. The second kappa shape index (κ2) is 3.84. The Hall–Kier alpha value is -2.04. The Labute approximate surface area is 93.0 Å². The monoisotopic (exact) mass is 219 g/mol. The van der Waals surface area contributed by atoms with E-state index in [1.54, 1.807) is 12.1 Å². The lowest BCUT2D eigenvalue weighted by atomic mass is 10.0. The summed E-state index contributed by atoms with van der Waals surface area (Å²) in [6.45, 7) is -0.0737. The molecule has 0 radical (unpaired) electrons. The Kier molecular flexibility index (Phi) is 2.52. The summed E-state index contributed by atoms with van der Waals surface area (Å²) in [6, 6.07) is 5.30. The first kappa shape index (κ1) is 10.5. The number of anilines is 2. The van der Waals surface area contributed by atoms with Gasteiger partial charge in [0.25, 0.3) is 0 Å². The van der Waals surface area contributed by atoms with E-state index in [2.05, 4.69) is 0 Å². The van der Waals surface area contributed by atoms with Crippen LogP contribution in [-0.2, 0) is 16.0 Å². The minimum absolute atomic E-state index is 0.0731. The van der Waals surface area contributed by atoms with Crippen LogP contribution in [0.2, 0.25) is 0 Å². The van der Waals surface area contributed by atoms with Gasteiger partial charge in [0.2, 0.25) is 11.8 Å². The minimum atomic E-state index is -0.516. The number of hydrogen-bond acceptors (Lipinski definition) is 3. The van der Waals surface area contributed by atoms with Crippen molar-refractivity contribution in [2.75, 3.05) is 17.2 Å². The number of nitrogen functional groups attached to an aromatic ring is 1. The second-order valence-corrected chi connectivity index (χ2v) is 3.83. The molecule has 0 bridgehead atoms. The molecule has 84 valence electrons. The van der Waals surface area contributed by atoms with Crippen LogP contribution in [0.25, 0.3) is 0 Å². The van der Waals surface area contributed by atoms with Gasteiger partial charge in [0.15, 0.2) is 0 Å². The van der Waals surface area contributed by atoms with Gasteiger partial charge >= 0.3 is 0 Å². The van der Waals surface area contributed by atoms with E-state index in [1.165, 1.54) is 4.90 Å². The quantitative estimate of drug-likeness (QED) is 0.688. The van der Waals surface area contributed by atoms with Gasteiger partial charge in [-0.1, -0.05) is 0 Å². The highest BCUT2D eigenvalue weighted by molar-refractivity contribution is 6.00. The highest BCUT2D eigenvalue weighted by Crippen LogP contribution is 2.29. The maximum atomic E-state index is 11.7. The first-order valence-electron chi connectivity index (χ1n) is 5.05. The number of carbonyl (C=O) groups excluding carboxylic acids is 2. The van der Waals surface area contributed by atoms with E-state index in [-0.39, 0.29) is 12.5 Å². The summed E-state index contributed by atoms with van der Waals surface area (Å²) in [7, 11) is 0. The highest BCUT2D eigenvalue weighted by Gasteiger charge is 2.25. The van der Waals surface area contributed by atoms with Crippen LogP contribution in [0.1, 0.15) is 12.0 Å². The Balaban J connectivity index is 2.40. The predicted octanol–water partition coefficient (Wildman–Crippen LogP) is 0.0333. The fraction of sp³-hybridized carbons (Fsp3) is 0.273. The van der Waals surface area contributed by atoms with Crippen molar-refractivity contribution in [1.82, 2.24) is 0 Å². The van der Waals surface area contributed by atoms with Crippen LogP contribution < -0.4 is 16.4 Å². The molecule has 0 atom stereocenters. The first-order valence-corrected chi connectivity index (χ1v) is 5.05. The third-order valence-corrected chi connectivity index (χ3v) is 2.62. The van der Waals surface area contributed by atoms with Crippen LogP contribution in [0.15, 0.2) is 18.2 Å². The lowest BCUT2D eigenvalue weighted by Gasteiger charge is -2.28. The molecule has 0 spiro atoms. The van der Waals surface area contributed by atoms with Crippen molar-refractivity contribution in [2.24, 2.45) is 5.73 Å². The van der Waals surface area contributed by atoms with Gasteiger partial charge in [-0.3, -0.25) is 9.59 Å². The van der Waals surface area contributed by atoms with Crippen LogP contribution in [-0.4, -0.2) is 18.4 Å². The number of hydrogen-bond donors (Lipinski definition) is 2. The van der Waals surface area contributed by atoms with Crippen molar-refractivity contribution >= 4 is 23.2 Å². The average Bonchev–Trinajstić information content (AvgIpc) is 2.22. The molecule has 2 rings (SSSR count). The SMILES string of the molecule is NC(=O)CN1C(=O)CCc2cc(N)ccc21. The molecule has 0 saturated heterocycles. The zero-order valence-electron chi connectivity index (χ0n) is 8.77. The number of fused-ring (bicyclic) bond motifs is 1. The summed E-state index contributed by atoms with van der Waals surface area (Å²) in [5, 5.41) is 0. The molecule has 2 amide bonds.